The number of benzene rings is 1. The number of rotatable bonds is 7. The van der Waals surface area contributed by atoms with Crippen LogP contribution in [0.4, 0.5) is 5.82 Å². The Morgan fingerprint density at radius 1 is 1.13 bits per heavy atom. The summed E-state index contributed by atoms with van der Waals surface area (Å²) in [5.74, 6) is 1.27. The van der Waals surface area contributed by atoms with Gasteiger partial charge in [-0.15, -0.1) is 10.2 Å². The summed E-state index contributed by atoms with van der Waals surface area (Å²) in [6.07, 6.45) is 0. The monoisotopic (exact) mass is 314 g/mol. The molecular weight excluding hydrogens is 292 g/mol. The van der Waals surface area contributed by atoms with E-state index in [2.05, 4.69) is 34.3 Å². The highest BCUT2D eigenvalue weighted by Crippen LogP contribution is 2.16. The fraction of sp³-hybridized carbons (Fsp3) is 0.353. The van der Waals surface area contributed by atoms with Gasteiger partial charge in [-0.25, -0.2) is 0 Å². The van der Waals surface area contributed by atoms with Gasteiger partial charge in [0.15, 0.2) is 11.5 Å². The maximum Gasteiger partial charge on any atom is 0.272 e. The number of amides is 1. The predicted octanol–water partition coefficient (Wildman–Crippen LogP) is 2.26. The van der Waals surface area contributed by atoms with Crippen LogP contribution in [0.3, 0.4) is 0 Å². The summed E-state index contributed by atoms with van der Waals surface area (Å²) in [5, 5.41) is 11.0. The van der Waals surface area contributed by atoms with Gasteiger partial charge in [0, 0.05) is 25.2 Å². The third kappa shape index (κ3) is 4.18. The fourth-order valence-electron chi connectivity index (χ4n) is 2.28. The molecule has 0 bridgehead atoms. The Bertz CT molecular complexity index is 639. The summed E-state index contributed by atoms with van der Waals surface area (Å²) in [5.41, 5.74) is 1.21. The van der Waals surface area contributed by atoms with Crippen molar-refractivity contribution in [3.8, 4) is 5.75 Å². The molecule has 1 N–H and O–H groups in total. The SMILES string of the molecule is CCN(CC)c1ccc(C(=O)NCc2ccccc2OC)nn1. The zero-order valence-corrected chi connectivity index (χ0v) is 13.7. The molecule has 0 aliphatic rings. The van der Waals surface area contributed by atoms with Crippen molar-refractivity contribution in [2.45, 2.75) is 20.4 Å². The molecule has 0 aliphatic carbocycles. The van der Waals surface area contributed by atoms with Crippen molar-refractivity contribution in [2.24, 2.45) is 0 Å². The third-order valence-corrected chi connectivity index (χ3v) is 3.60. The fourth-order valence-corrected chi connectivity index (χ4v) is 2.28. The molecule has 23 heavy (non-hydrogen) atoms. The number of hydrogen-bond acceptors (Lipinski definition) is 5. The first-order chi connectivity index (χ1) is 11.2. The van der Waals surface area contributed by atoms with Gasteiger partial charge in [-0.3, -0.25) is 4.79 Å². The molecule has 1 amide bonds. The van der Waals surface area contributed by atoms with Crippen LogP contribution in [-0.2, 0) is 6.54 Å². The molecule has 1 aromatic carbocycles. The Hall–Kier alpha value is -2.63. The van der Waals surface area contributed by atoms with Crippen molar-refractivity contribution in [1.29, 1.82) is 0 Å². The first-order valence-electron chi connectivity index (χ1n) is 7.68. The standard InChI is InChI=1S/C17H22N4O2/c1-4-21(5-2)16-11-10-14(19-20-16)17(22)18-12-13-8-6-7-9-15(13)23-3/h6-11H,4-5,12H2,1-3H3,(H,18,22). The molecule has 0 radical (unpaired) electrons. The highest BCUT2D eigenvalue weighted by atomic mass is 16.5. The van der Waals surface area contributed by atoms with E-state index in [1.807, 2.05) is 30.3 Å². The van der Waals surface area contributed by atoms with Crippen molar-refractivity contribution in [3.63, 3.8) is 0 Å². The Labute approximate surface area is 136 Å². The lowest BCUT2D eigenvalue weighted by Gasteiger charge is -2.18. The number of methoxy groups -OCH3 is 1. The third-order valence-electron chi connectivity index (χ3n) is 3.60. The molecule has 1 heterocycles. The quantitative estimate of drug-likeness (QED) is 0.849. The number of aromatic nitrogens is 2. The first kappa shape index (κ1) is 16.7. The Kier molecular flexibility index (Phi) is 5.91. The van der Waals surface area contributed by atoms with Crippen LogP contribution in [0.5, 0.6) is 5.75 Å². The highest BCUT2D eigenvalue weighted by Gasteiger charge is 2.11. The summed E-state index contributed by atoms with van der Waals surface area (Å²) >= 11 is 0. The minimum atomic E-state index is -0.255. The number of carbonyl (C=O) groups is 1. The van der Waals surface area contributed by atoms with Crippen molar-refractivity contribution >= 4 is 11.7 Å². The molecule has 0 fully saturated rings. The van der Waals surface area contributed by atoms with Gasteiger partial charge < -0.3 is 15.0 Å². The van der Waals surface area contributed by atoms with Crippen molar-refractivity contribution < 1.29 is 9.53 Å². The summed E-state index contributed by atoms with van der Waals surface area (Å²) in [6.45, 7) is 6.19. The molecule has 0 atom stereocenters. The van der Waals surface area contributed by atoms with Gasteiger partial charge in [0.25, 0.3) is 5.91 Å². The lowest BCUT2D eigenvalue weighted by molar-refractivity contribution is 0.0944. The topological polar surface area (TPSA) is 67.4 Å². The number of nitrogens with zero attached hydrogens (tertiary/aromatic N) is 3. The van der Waals surface area contributed by atoms with Gasteiger partial charge in [0.1, 0.15) is 5.75 Å². The van der Waals surface area contributed by atoms with Gasteiger partial charge in [-0.1, -0.05) is 18.2 Å². The number of carbonyl (C=O) groups excluding carboxylic acids is 1. The van der Waals surface area contributed by atoms with E-state index in [1.54, 1.807) is 13.2 Å². The van der Waals surface area contributed by atoms with Gasteiger partial charge in [0.05, 0.1) is 7.11 Å². The lowest BCUT2D eigenvalue weighted by atomic mass is 10.2. The van der Waals surface area contributed by atoms with E-state index in [0.717, 1.165) is 30.2 Å². The van der Waals surface area contributed by atoms with Gasteiger partial charge in [-0.05, 0) is 32.0 Å². The second-order valence-electron chi connectivity index (χ2n) is 4.94. The van der Waals surface area contributed by atoms with E-state index in [9.17, 15) is 4.79 Å². The van der Waals surface area contributed by atoms with Gasteiger partial charge in [-0.2, -0.15) is 0 Å². The van der Waals surface area contributed by atoms with Crippen LogP contribution >= 0.6 is 0 Å². The van der Waals surface area contributed by atoms with Crippen molar-refractivity contribution in [3.05, 3.63) is 47.7 Å². The summed E-state index contributed by atoms with van der Waals surface area (Å²) in [7, 11) is 1.61. The number of ether oxygens (including phenoxy) is 1. The molecule has 122 valence electrons. The van der Waals surface area contributed by atoms with E-state index in [0.29, 0.717) is 12.2 Å². The van der Waals surface area contributed by atoms with E-state index in [4.69, 9.17) is 4.74 Å². The van der Waals surface area contributed by atoms with Crippen LogP contribution in [-0.4, -0.2) is 36.3 Å². The van der Waals surface area contributed by atoms with Crippen LogP contribution in [0, 0.1) is 0 Å². The largest absolute Gasteiger partial charge is 0.496 e. The minimum absolute atomic E-state index is 0.255. The molecule has 6 heteroatoms. The highest BCUT2D eigenvalue weighted by molar-refractivity contribution is 5.92. The lowest BCUT2D eigenvalue weighted by Crippen LogP contribution is -2.26. The van der Waals surface area contributed by atoms with E-state index in [-0.39, 0.29) is 5.91 Å². The van der Waals surface area contributed by atoms with Crippen LogP contribution in [0.15, 0.2) is 36.4 Å². The van der Waals surface area contributed by atoms with E-state index < -0.39 is 0 Å². The molecule has 2 aromatic rings. The Morgan fingerprint density at radius 3 is 2.48 bits per heavy atom. The van der Waals surface area contributed by atoms with Crippen molar-refractivity contribution in [2.75, 3.05) is 25.1 Å². The number of anilines is 1. The number of nitrogens with one attached hydrogen (secondary N) is 1. The average Bonchev–Trinajstić information content (AvgIpc) is 2.61. The minimum Gasteiger partial charge on any atom is -0.496 e. The van der Waals surface area contributed by atoms with E-state index in [1.165, 1.54) is 0 Å². The Balaban J connectivity index is 2.01. The molecule has 1 aromatic heterocycles. The molecule has 2 rings (SSSR count). The molecule has 0 aliphatic heterocycles. The average molecular weight is 314 g/mol. The van der Waals surface area contributed by atoms with Crippen LogP contribution in [0.2, 0.25) is 0 Å². The van der Waals surface area contributed by atoms with Crippen LogP contribution in [0.25, 0.3) is 0 Å². The number of hydrogen-bond donors (Lipinski definition) is 1. The molecule has 0 saturated heterocycles. The molecular formula is C17H22N4O2. The maximum atomic E-state index is 12.2. The van der Waals surface area contributed by atoms with Crippen LogP contribution < -0.4 is 15.0 Å². The van der Waals surface area contributed by atoms with Crippen LogP contribution in [0.1, 0.15) is 29.9 Å². The van der Waals surface area contributed by atoms with Gasteiger partial charge in [0.2, 0.25) is 0 Å². The van der Waals surface area contributed by atoms with E-state index >= 15 is 0 Å². The smallest absolute Gasteiger partial charge is 0.272 e. The molecule has 0 saturated carbocycles. The Morgan fingerprint density at radius 2 is 1.87 bits per heavy atom. The normalized spacial score (nSPS) is 10.2. The number of para-hydroxylation sites is 1. The van der Waals surface area contributed by atoms with Gasteiger partial charge >= 0.3 is 0 Å². The molecule has 6 nitrogen and oxygen atoms in total. The second-order valence-corrected chi connectivity index (χ2v) is 4.94. The summed E-state index contributed by atoms with van der Waals surface area (Å²) in [6, 6.07) is 11.1. The summed E-state index contributed by atoms with van der Waals surface area (Å²) in [4.78, 5) is 14.2. The predicted molar refractivity (Wildman–Crippen MR) is 89.8 cm³/mol. The van der Waals surface area contributed by atoms with Crippen molar-refractivity contribution in [1.82, 2.24) is 15.5 Å². The summed E-state index contributed by atoms with van der Waals surface area (Å²) < 4.78 is 5.27. The molecule has 0 unspecified atom stereocenters. The zero-order valence-electron chi connectivity index (χ0n) is 13.7. The second kappa shape index (κ2) is 8.12. The first-order valence-corrected chi connectivity index (χ1v) is 7.68. The maximum absolute atomic E-state index is 12.2. The molecule has 0 spiro atoms. The zero-order chi connectivity index (χ0) is 16.7.